The van der Waals surface area contributed by atoms with Gasteiger partial charge in [0.2, 0.25) is 10.0 Å². The molecular formula is C12H19NO4S. The lowest BCUT2D eigenvalue weighted by Gasteiger charge is -2.15. The van der Waals surface area contributed by atoms with Crippen LogP contribution in [0.3, 0.4) is 0 Å². The van der Waals surface area contributed by atoms with Crippen LogP contribution >= 0.6 is 0 Å². The fraction of sp³-hybridized carbons (Fsp3) is 0.500. The SMILES string of the molecule is COCCS(=O)(=O)Nc1ccccc1OC(C)C. The Bertz CT molecular complexity index is 471. The van der Waals surface area contributed by atoms with Crippen molar-refractivity contribution in [3.05, 3.63) is 24.3 Å². The van der Waals surface area contributed by atoms with Crippen molar-refractivity contribution in [2.45, 2.75) is 20.0 Å². The highest BCUT2D eigenvalue weighted by atomic mass is 32.2. The molecule has 0 fully saturated rings. The van der Waals surface area contributed by atoms with Crippen molar-refractivity contribution in [3.8, 4) is 5.75 Å². The highest BCUT2D eigenvalue weighted by molar-refractivity contribution is 7.92. The molecule has 1 rings (SSSR count). The molecule has 6 heteroatoms. The standard InChI is InChI=1S/C12H19NO4S/c1-10(2)17-12-7-5-4-6-11(12)13-18(14,15)9-8-16-3/h4-7,10,13H,8-9H2,1-3H3. The van der Waals surface area contributed by atoms with Gasteiger partial charge in [-0.05, 0) is 26.0 Å². The topological polar surface area (TPSA) is 64.6 Å². The van der Waals surface area contributed by atoms with Gasteiger partial charge in [0, 0.05) is 7.11 Å². The molecule has 18 heavy (non-hydrogen) atoms. The Labute approximate surface area is 108 Å². The summed E-state index contributed by atoms with van der Waals surface area (Å²) in [7, 11) is -1.95. The Morgan fingerprint density at radius 1 is 1.28 bits per heavy atom. The monoisotopic (exact) mass is 273 g/mol. The summed E-state index contributed by atoms with van der Waals surface area (Å²) in [6.45, 7) is 3.93. The minimum absolute atomic E-state index is 0.0189. The molecule has 0 bridgehead atoms. The maximum atomic E-state index is 11.8. The first-order valence-corrected chi connectivity index (χ1v) is 7.35. The van der Waals surface area contributed by atoms with Gasteiger partial charge in [0.05, 0.1) is 24.2 Å². The van der Waals surface area contributed by atoms with Gasteiger partial charge in [-0.3, -0.25) is 4.72 Å². The Morgan fingerprint density at radius 3 is 2.56 bits per heavy atom. The first-order chi connectivity index (χ1) is 8.44. The Morgan fingerprint density at radius 2 is 1.94 bits per heavy atom. The number of hydrogen-bond acceptors (Lipinski definition) is 4. The normalized spacial score (nSPS) is 11.6. The number of nitrogens with one attached hydrogen (secondary N) is 1. The summed E-state index contributed by atoms with van der Waals surface area (Å²) < 4.78 is 36.3. The second-order valence-corrected chi connectivity index (χ2v) is 5.92. The molecule has 1 aromatic carbocycles. The average Bonchev–Trinajstić information content (AvgIpc) is 2.28. The zero-order valence-electron chi connectivity index (χ0n) is 10.8. The van der Waals surface area contributed by atoms with E-state index in [-0.39, 0.29) is 18.5 Å². The van der Waals surface area contributed by atoms with Gasteiger partial charge in [-0.25, -0.2) is 8.42 Å². The lowest BCUT2D eigenvalue weighted by Crippen LogP contribution is -2.20. The van der Waals surface area contributed by atoms with Gasteiger partial charge in [0.1, 0.15) is 5.75 Å². The number of anilines is 1. The van der Waals surface area contributed by atoms with Crippen molar-refractivity contribution in [2.24, 2.45) is 0 Å². The molecule has 0 aliphatic heterocycles. The second kappa shape index (κ2) is 6.61. The molecule has 0 spiro atoms. The van der Waals surface area contributed by atoms with Crippen LogP contribution in [0.25, 0.3) is 0 Å². The number of methoxy groups -OCH3 is 1. The largest absolute Gasteiger partial charge is 0.489 e. The van der Waals surface area contributed by atoms with Crippen LogP contribution in [0.2, 0.25) is 0 Å². The van der Waals surface area contributed by atoms with Crippen LogP contribution in [0.15, 0.2) is 24.3 Å². The number of rotatable bonds is 7. The molecule has 0 heterocycles. The van der Waals surface area contributed by atoms with Crippen LogP contribution in [-0.4, -0.2) is 34.0 Å². The third-order valence-electron chi connectivity index (χ3n) is 2.07. The molecule has 1 N–H and O–H groups in total. The maximum absolute atomic E-state index is 11.8. The first kappa shape index (κ1) is 14.8. The van der Waals surface area contributed by atoms with E-state index >= 15 is 0 Å². The van der Waals surface area contributed by atoms with E-state index < -0.39 is 10.0 Å². The van der Waals surface area contributed by atoms with E-state index in [0.29, 0.717) is 11.4 Å². The lowest BCUT2D eigenvalue weighted by atomic mass is 10.3. The third kappa shape index (κ3) is 4.93. The minimum atomic E-state index is -3.41. The molecule has 1 aromatic rings. The fourth-order valence-corrected chi connectivity index (χ4v) is 2.31. The van der Waals surface area contributed by atoms with Crippen LogP contribution in [-0.2, 0) is 14.8 Å². The first-order valence-electron chi connectivity index (χ1n) is 5.69. The highest BCUT2D eigenvalue weighted by Crippen LogP contribution is 2.25. The molecule has 0 radical (unpaired) electrons. The smallest absolute Gasteiger partial charge is 0.235 e. The van der Waals surface area contributed by atoms with Crippen LogP contribution in [0, 0.1) is 0 Å². The predicted molar refractivity (Wildman–Crippen MR) is 71.5 cm³/mol. The average molecular weight is 273 g/mol. The number of hydrogen-bond donors (Lipinski definition) is 1. The van der Waals surface area contributed by atoms with E-state index in [1.165, 1.54) is 7.11 Å². The minimum Gasteiger partial charge on any atom is -0.489 e. The van der Waals surface area contributed by atoms with Gasteiger partial charge >= 0.3 is 0 Å². The molecule has 0 unspecified atom stereocenters. The molecule has 0 aliphatic carbocycles. The Hall–Kier alpha value is -1.27. The molecule has 0 saturated carbocycles. The molecule has 0 aliphatic rings. The van der Waals surface area contributed by atoms with Crippen LogP contribution in [0.5, 0.6) is 5.75 Å². The van der Waals surface area contributed by atoms with E-state index in [0.717, 1.165) is 0 Å². The van der Waals surface area contributed by atoms with E-state index in [1.54, 1.807) is 24.3 Å². The predicted octanol–water partition coefficient (Wildman–Crippen LogP) is 1.86. The van der Waals surface area contributed by atoms with Gasteiger partial charge in [-0.15, -0.1) is 0 Å². The van der Waals surface area contributed by atoms with Gasteiger partial charge < -0.3 is 9.47 Å². The van der Waals surface area contributed by atoms with E-state index in [4.69, 9.17) is 9.47 Å². The van der Waals surface area contributed by atoms with Crippen LogP contribution < -0.4 is 9.46 Å². The van der Waals surface area contributed by atoms with E-state index in [1.807, 2.05) is 13.8 Å². The number of ether oxygens (including phenoxy) is 2. The summed E-state index contributed by atoms with van der Waals surface area (Å²) in [5.41, 5.74) is 0.447. The molecular weight excluding hydrogens is 254 g/mol. The fourth-order valence-electron chi connectivity index (χ4n) is 1.32. The van der Waals surface area contributed by atoms with Gasteiger partial charge in [0.25, 0.3) is 0 Å². The number of para-hydroxylation sites is 2. The summed E-state index contributed by atoms with van der Waals surface area (Å²) >= 11 is 0. The quantitative estimate of drug-likeness (QED) is 0.823. The summed E-state index contributed by atoms with van der Waals surface area (Å²) in [4.78, 5) is 0. The molecule has 102 valence electrons. The van der Waals surface area contributed by atoms with Crippen LogP contribution in [0.1, 0.15) is 13.8 Å². The van der Waals surface area contributed by atoms with E-state index in [9.17, 15) is 8.42 Å². The Kier molecular flexibility index (Phi) is 5.43. The molecule has 5 nitrogen and oxygen atoms in total. The van der Waals surface area contributed by atoms with Crippen molar-refractivity contribution in [2.75, 3.05) is 24.2 Å². The molecule has 0 atom stereocenters. The zero-order chi connectivity index (χ0) is 13.6. The summed E-state index contributed by atoms with van der Waals surface area (Å²) in [6.07, 6.45) is -0.0189. The zero-order valence-corrected chi connectivity index (χ0v) is 11.7. The van der Waals surface area contributed by atoms with Crippen molar-refractivity contribution >= 4 is 15.7 Å². The van der Waals surface area contributed by atoms with Crippen molar-refractivity contribution in [1.82, 2.24) is 0 Å². The van der Waals surface area contributed by atoms with Crippen molar-refractivity contribution in [3.63, 3.8) is 0 Å². The number of sulfonamides is 1. The lowest BCUT2D eigenvalue weighted by molar-refractivity contribution is 0.217. The van der Waals surface area contributed by atoms with Gasteiger partial charge in [-0.2, -0.15) is 0 Å². The maximum Gasteiger partial charge on any atom is 0.235 e. The molecule has 0 saturated heterocycles. The van der Waals surface area contributed by atoms with E-state index in [2.05, 4.69) is 4.72 Å². The molecule has 0 amide bonds. The summed E-state index contributed by atoms with van der Waals surface area (Å²) in [6, 6.07) is 6.95. The van der Waals surface area contributed by atoms with Crippen molar-refractivity contribution < 1.29 is 17.9 Å². The summed E-state index contributed by atoms with van der Waals surface area (Å²) in [5, 5.41) is 0. The third-order valence-corrected chi connectivity index (χ3v) is 3.31. The molecule has 0 aromatic heterocycles. The van der Waals surface area contributed by atoms with Gasteiger partial charge in [0.15, 0.2) is 0 Å². The van der Waals surface area contributed by atoms with Crippen LogP contribution in [0.4, 0.5) is 5.69 Å². The van der Waals surface area contributed by atoms with Crippen molar-refractivity contribution in [1.29, 1.82) is 0 Å². The van der Waals surface area contributed by atoms with Gasteiger partial charge in [-0.1, -0.05) is 12.1 Å². The highest BCUT2D eigenvalue weighted by Gasteiger charge is 2.13. The second-order valence-electron chi connectivity index (χ2n) is 4.08. The summed E-state index contributed by atoms with van der Waals surface area (Å²) in [5.74, 6) is 0.438. The Balaban J connectivity index is 2.83. The number of benzene rings is 1.